The van der Waals surface area contributed by atoms with Crippen LogP contribution < -0.4 is 4.74 Å². The molecule has 0 heterocycles. The van der Waals surface area contributed by atoms with E-state index in [1.54, 1.807) is 6.92 Å². The van der Waals surface area contributed by atoms with Crippen LogP contribution in [0.4, 0.5) is 0 Å². The highest BCUT2D eigenvalue weighted by Crippen LogP contribution is 2.29. The molecule has 0 aliphatic carbocycles. The highest BCUT2D eigenvalue weighted by atomic mass is 79.9. The number of aliphatic hydroxyl groups excluding tert-OH is 1. The molecule has 2 nitrogen and oxygen atoms in total. The molecule has 1 N–H and O–H groups in total. The van der Waals surface area contributed by atoms with E-state index in [9.17, 15) is 5.11 Å². The number of rotatable bonds is 4. The third-order valence-electron chi connectivity index (χ3n) is 2.76. The molecule has 0 fully saturated rings. The van der Waals surface area contributed by atoms with Gasteiger partial charge in [-0.05, 0) is 31.2 Å². The minimum Gasteiger partial charge on any atom is -0.488 e. The van der Waals surface area contributed by atoms with Crippen LogP contribution in [0.2, 0.25) is 5.02 Å². The molecule has 2 rings (SSSR count). The molecular weight excluding hydrogens is 328 g/mol. The van der Waals surface area contributed by atoms with Gasteiger partial charge in [0.05, 0.1) is 6.10 Å². The summed E-state index contributed by atoms with van der Waals surface area (Å²) in [5.74, 6) is 0.665. The van der Waals surface area contributed by atoms with E-state index < -0.39 is 6.10 Å². The summed E-state index contributed by atoms with van der Waals surface area (Å²) in [5, 5.41) is 10.4. The van der Waals surface area contributed by atoms with Crippen LogP contribution in [0, 0.1) is 0 Å². The molecule has 0 aliphatic heterocycles. The van der Waals surface area contributed by atoms with E-state index in [2.05, 4.69) is 15.9 Å². The number of hydrogen-bond acceptors (Lipinski definition) is 2. The summed E-state index contributed by atoms with van der Waals surface area (Å²) in [6.45, 7) is 2.09. The van der Waals surface area contributed by atoms with Crippen molar-refractivity contribution in [3.8, 4) is 5.75 Å². The molecule has 1 atom stereocenters. The molecule has 100 valence electrons. The van der Waals surface area contributed by atoms with Crippen molar-refractivity contribution >= 4 is 27.5 Å². The first kappa shape index (κ1) is 14.4. The highest BCUT2D eigenvalue weighted by molar-refractivity contribution is 9.10. The molecule has 0 amide bonds. The number of hydrogen-bond donors (Lipinski definition) is 1. The van der Waals surface area contributed by atoms with E-state index in [1.165, 1.54) is 0 Å². The van der Waals surface area contributed by atoms with Gasteiger partial charge in [0.15, 0.2) is 0 Å². The molecular formula is C15H14BrClO2. The summed E-state index contributed by atoms with van der Waals surface area (Å²) in [4.78, 5) is 0. The maximum atomic E-state index is 9.75. The standard InChI is InChI=1S/C15H14BrClO2/c1-10(18)13-8-12(16)6-7-15(13)19-9-11-4-2-3-5-14(11)17/h2-8,10,18H,9H2,1H3. The summed E-state index contributed by atoms with van der Waals surface area (Å²) in [6, 6.07) is 13.1. The van der Waals surface area contributed by atoms with Gasteiger partial charge in [-0.15, -0.1) is 0 Å². The first-order valence-corrected chi connectivity index (χ1v) is 7.08. The normalized spacial score (nSPS) is 12.2. The van der Waals surface area contributed by atoms with Gasteiger partial charge in [0.25, 0.3) is 0 Å². The summed E-state index contributed by atoms with van der Waals surface area (Å²) < 4.78 is 6.67. The Morgan fingerprint density at radius 2 is 2.00 bits per heavy atom. The van der Waals surface area contributed by atoms with Crippen LogP contribution in [0.5, 0.6) is 5.75 Å². The van der Waals surface area contributed by atoms with Gasteiger partial charge < -0.3 is 9.84 Å². The van der Waals surface area contributed by atoms with Gasteiger partial charge in [-0.3, -0.25) is 0 Å². The highest BCUT2D eigenvalue weighted by Gasteiger charge is 2.10. The van der Waals surface area contributed by atoms with Crippen LogP contribution in [0.25, 0.3) is 0 Å². The average Bonchev–Trinajstić information content (AvgIpc) is 2.38. The second-order valence-electron chi connectivity index (χ2n) is 4.24. The quantitative estimate of drug-likeness (QED) is 0.870. The van der Waals surface area contributed by atoms with Crippen molar-refractivity contribution in [1.82, 2.24) is 0 Å². The Labute approximate surface area is 126 Å². The topological polar surface area (TPSA) is 29.5 Å². The van der Waals surface area contributed by atoms with Gasteiger partial charge in [-0.1, -0.05) is 45.7 Å². The predicted octanol–water partition coefficient (Wildman–Crippen LogP) is 4.73. The molecule has 0 saturated carbocycles. The van der Waals surface area contributed by atoms with Crippen molar-refractivity contribution in [1.29, 1.82) is 0 Å². The smallest absolute Gasteiger partial charge is 0.125 e. The van der Waals surface area contributed by atoms with Crippen LogP contribution >= 0.6 is 27.5 Å². The molecule has 2 aromatic rings. The minimum absolute atomic E-state index is 0.376. The van der Waals surface area contributed by atoms with Gasteiger partial charge in [0, 0.05) is 20.6 Å². The Bertz CT molecular complexity index is 570. The third kappa shape index (κ3) is 3.72. The van der Waals surface area contributed by atoms with Crippen molar-refractivity contribution in [2.75, 3.05) is 0 Å². The Balaban J connectivity index is 2.18. The maximum Gasteiger partial charge on any atom is 0.125 e. The predicted molar refractivity (Wildman–Crippen MR) is 80.6 cm³/mol. The minimum atomic E-state index is -0.584. The van der Waals surface area contributed by atoms with Gasteiger partial charge in [0.1, 0.15) is 12.4 Å². The molecule has 0 saturated heterocycles. The Kier molecular flexibility index (Phi) is 4.86. The monoisotopic (exact) mass is 340 g/mol. The number of halogens is 2. The fraction of sp³-hybridized carbons (Fsp3) is 0.200. The van der Waals surface area contributed by atoms with Crippen molar-refractivity contribution in [3.63, 3.8) is 0 Å². The van der Waals surface area contributed by atoms with E-state index in [0.29, 0.717) is 17.4 Å². The zero-order valence-electron chi connectivity index (χ0n) is 10.4. The summed E-state index contributed by atoms with van der Waals surface area (Å²) >= 11 is 9.47. The van der Waals surface area contributed by atoms with Crippen molar-refractivity contribution < 1.29 is 9.84 Å². The lowest BCUT2D eigenvalue weighted by Gasteiger charge is -2.14. The fourth-order valence-corrected chi connectivity index (χ4v) is 2.32. The van der Waals surface area contributed by atoms with Crippen LogP contribution in [-0.4, -0.2) is 5.11 Å². The van der Waals surface area contributed by atoms with Crippen molar-refractivity contribution in [3.05, 3.63) is 63.1 Å². The zero-order valence-corrected chi connectivity index (χ0v) is 12.8. The first-order chi connectivity index (χ1) is 9.08. The number of ether oxygens (including phenoxy) is 1. The van der Waals surface area contributed by atoms with E-state index >= 15 is 0 Å². The van der Waals surface area contributed by atoms with Crippen LogP contribution in [0.3, 0.4) is 0 Å². The second kappa shape index (κ2) is 6.42. The molecule has 19 heavy (non-hydrogen) atoms. The van der Waals surface area contributed by atoms with E-state index in [0.717, 1.165) is 15.6 Å². The van der Waals surface area contributed by atoms with Gasteiger partial charge in [-0.2, -0.15) is 0 Å². The molecule has 0 radical (unpaired) electrons. The largest absolute Gasteiger partial charge is 0.488 e. The molecule has 4 heteroatoms. The third-order valence-corrected chi connectivity index (χ3v) is 3.62. The van der Waals surface area contributed by atoms with Crippen LogP contribution in [0.1, 0.15) is 24.2 Å². The van der Waals surface area contributed by atoms with Crippen molar-refractivity contribution in [2.45, 2.75) is 19.6 Å². The molecule has 0 spiro atoms. The molecule has 0 aliphatic rings. The number of aliphatic hydroxyl groups is 1. The SMILES string of the molecule is CC(O)c1cc(Br)ccc1OCc1ccccc1Cl. The zero-order chi connectivity index (χ0) is 13.8. The van der Waals surface area contributed by atoms with E-state index in [1.807, 2.05) is 42.5 Å². The van der Waals surface area contributed by atoms with Crippen LogP contribution in [-0.2, 0) is 6.61 Å². The molecule has 0 aromatic heterocycles. The lowest BCUT2D eigenvalue weighted by molar-refractivity contribution is 0.190. The fourth-order valence-electron chi connectivity index (χ4n) is 1.75. The summed E-state index contributed by atoms with van der Waals surface area (Å²) in [7, 11) is 0. The lowest BCUT2D eigenvalue weighted by atomic mass is 10.1. The lowest BCUT2D eigenvalue weighted by Crippen LogP contribution is -2.01. The molecule has 2 aromatic carbocycles. The first-order valence-electron chi connectivity index (χ1n) is 5.91. The van der Waals surface area contributed by atoms with Gasteiger partial charge in [0.2, 0.25) is 0 Å². The summed E-state index contributed by atoms with van der Waals surface area (Å²) in [6.07, 6.45) is -0.584. The molecule has 1 unspecified atom stereocenters. The van der Waals surface area contributed by atoms with Crippen LogP contribution in [0.15, 0.2) is 46.9 Å². The Morgan fingerprint density at radius 1 is 1.26 bits per heavy atom. The van der Waals surface area contributed by atoms with Crippen molar-refractivity contribution in [2.24, 2.45) is 0 Å². The summed E-state index contributed by atoms with van der Waals surface area (Å²) in [5.41, 5.74) is 1.67. The van der Waals surface area contributed by atoms with Gasteiger partial charge >= 0.3 is 0 Å². The average molecular weight is 342 g/mol. The Hall–Kier alpha value is -1.03. The Morgan fingerprint density at radius 3 is 2.68 bits per heavy atom. The number of benzene rings is 2. The maximum absolute atomic E-state index is 9.75. The second-order valence-corrected chi connectivity index (χ2v) is 5.56. The molecule has 0 bridgehead atoms. The van der Waals surface area contributed by atoms with E-state index in [-0.39, 0.29) is 0 Å². The van der Waals surface area contributed by atoms with E-state index in [4.69, 9.17) is 16.3 Å². The van der Waals surface area contributed by atoms with Gasteiger partial charge in [-0.25, -0.2) is 0 Å².